The van der Waals surface area contributed by atoms with Crippen LogP contribution in [0, 0.1) is 0 Å². The van der Waals surface area contributed by atoms with E-state index in [2.05, 4.69) is 246 Å². The second kappa shape index (κ2) is 15.4. The fourth-order valence-corrected chi connectivity index (χ4v) is 14.1. The van der Waals surface area contributed by atoms with Crippen LogP contribution in [0.2, 0.25) is 0 Å². The minimum absolute atomic E-state index is 0.128. The third-order valence-corrected chi connectivity index (χ3v) is 17.5. The lowest BCUT2D eigenvalue weighted by molar-refractivity contribution is 0.487. The van der Waals surface area contributed by atoms with Gasteiger partial charge in [0.15, 0.2) is 0 Å². The van der Waals surface area contributed by atoms with E-state index >= 15 is 0 Å². The number of hydrogen-bond donors (Lipinski definition) is 0. The molecule has 0 spiro atoms. The van der Waals surface area contributed by atoms with Crippen LogP contribution >= 0.6 is 22.7 Å². The van der Waals surface area contributed by atoms with Crippen molar-refractivity contribution in [2.75, 3.05) is 4.90 Å². The zero-order valence-electron chi connectivity index (χ0n) is 38.7. The molecule has 11 aromatic carbocycles. The van der Waals surface area contributed by atoms with E-state index < -0.39 is 0 Å². The summed E-state index contributed by atoms with van der Waals surface area (Å²) in [6.45, 7) is -0.128. The average molecular weight is 951 g/mol. The molecule has 3 aromatic heterocycles. The second-order valence-electron chi connectivity index (χ2n) is 19.2. The fraction of sp³-hybridized carbons (Fsp3) is 0. The molecule has 0 radical (unpaired) electrons. The maximum Gasteiger partial charge on any atom is 0.256 e. The van der Waals surface area contributed by atoms with Gasteiger partial charge in [-0.05, 0) is 129 Å². The summed E-state index contributed by atoms with van der Waals surface area (Å²) in [5.74, 6) is 1.75. The van der Waals surface area contributed by atoms with Crippen molar-refractivity contribution < 1.29 is 4.74 Å². The first kappa shape index (κ1) is 40.1. The summed E-state index contributed by atoms with van der Waals surface area (Å²) in [7, 11) is 0. The zero-order valence-corrected chi connectivity index (χ0v) is 40.3. The Hall–Kier alpha value is -8.68. The largest absolute Gasteiger partial charge is 0.458 e. The minimum Gasteiger partial charge on any atom is -0.458 e. The molecule has 6 heteroatoms. The van der Waals surface area contributed by atoms with Gasteiger partial charge in [0.05, 0.1) is 16.7 Å². The van der Waals surface area contributed by atoms with Crippen molar-refractivity contribution in [2.24, 2.45) is 0 Å². The summed E-state index contributed by atoms with van der Waals surface area (Å²) in [5.41, 5.74) is 17.4. The van der Waals surface area contributed by atoms with E-state index in [1.54, 1.807) is 0 Å². The zero-order chi connectivity index (χ0) is 47.0. The highest BCUT2D eigenvalue weighted by molar-refractivity contribution is 7.26. The van der Waals surface area contributed by atoms with Crippen molar-refractivity contribution >= 4 is 125 Å². The Morgan fingerprint density at radius 1 is 0.319 bits per heavy atom. The molecule has 2 aliphatic heterocycles. The predicted molar refractivity (Wildman–Crippen MR) is 309 cm³/mol. The molecule has 0 saturated heterocycles. The predicted octanol–water partition coefficient (Wildman–Crippen LogP) is 16.9. The first-order chi connectivity index (χ1) is 35.7. The van der Waals surface area contributed by atoms with E-state index in [-0.39, 0.29) is 6.71 Å². The summed E-state index contributed by atoms with van der Waals surface area (Å²) >= 11 is 3.72. The van der Waals surface area contributed by atoms with Gasteiger partial charge in [0.1, 0.15) is 11.5 Å². The van der Waals surface area contributed by atoms with Gasteiger partial charge in [0, 0.05) is 74.2 Å². The van der Waals surface area contributed by atoms with Crippen LogP contribution in [0.25, 0.3) is 101 Å². The van der Waals surface area contributed by atoms with Crippen LogP contribution in [0.3, 0.4) is 0 Å². The van der Waals surface area contributed by atoms with Gasteiger partial charge in [-0.3, -0.25) is 0 Å². The quantitative estimate of drug-likeness (QED) is 0.160. The molecule has 334 valence electrons. The number of nitrogens with zero attached hydrogens (tertiary/aromatic N) is 2. The van der Waals surface area contributed by atoms with E-state index in [9.17, 15) is 0 Å². The Kier molecular flexibility index (Phi) is 8.58. The number of thiophene rings is 2. The van der Waals surface area contributed by atoms with Crippen molar-refractivity contribution in [1.29, 1.82) is 0 Å². The van der Waals surface area contributed by atoms with E-state index in [1.165, 1.54) is 95.4 Å². The lowest BCUT2D eigenvalue weighted by Crippen LogP contribution is -2.59. The van der Waals surface area contributed by atoms with Gasteiger partial charge in [-0.1, -0.05) is 152 Å². The van der Waals surface area contributed by atoms with E-state index in [0.29, 0.717) is 0 Å². The van der Waals surface area contributed by atoms with Gasteiger partial charge >= 0.3 is 0 Å². The molecule has 0 N–H and O–H groups in total. The molecule has 16 rings (SSSR count). The number of ether oxygens (including phenoxy) is 1. The van der Waals surface area contributed by atoms with Crippen LogP contribution in [0.5, 0.6) is 11.5 Å². The van der Waals surface area contributed by atoms with Crippen LogP contribution in [-0.2, 0) is 0 Å². The number of benzene rings is 11. The topological polar surface area (TPSA) is 17.4 Å². The summed E-state index contributed by atoms with van der Waals surface area (Å²) in [4.78, 5) is 2.49. The highest BCUT2D eigenvalue weighted by Gasteiger charge is 2.43. The average Bonchev–Trinajstić information content (AvgIpc) is 4.12. The van der Waals surface area contributed by atoms with Crippen LogP contribution in [-0.4, -0.2) is 11.3 Å². The first-order valence-corrected chi connectivity index (χ1v) is 26.2. The second-order valence-corrected chi connectivity index (χ2v) is 21.3. The van der Waals surface area contributed by atoms with E-state index in [4.69, 9.17) is 4.74 Å². The number of anilines is 3. The molecule has 72 heavy (non-hydrogen) atoms. The van der Waals surface area contributed by atoms with Crippen LogP contribution in [0.1, 0.15) is 0 Å². The Balaban J connectivity index is 0.953. The fourth-order valence-electron chi connectivity index (χ4n) is 12.0. The summed E-state index contributed by atoms with van der Waals surface area (Å²) in [5, 5.41) is 7.66. The number of rotatable bonds is 5. The highest BCUT2D eigenvalue weighted by atomic mass is 32.1. The third kappa shape index (κ3) is 5.97. The standard InChI is InChI=1S/C66H39BN2OS2/c1-2-12-40(13-3-1)41-22-28-46(29-23-41)68-58-30-24-44(42-26-32-64-52(34-42)50-16-6-10-20-62(50)71-64)36-54(58)67-55-37-45(43-27-33-65-53(35-43)51-17-7-11-21-63(51)72-65)25-31-60(55)70-61-39-47(38-59(68)66(61)67)69-56-18-8-4-14-48(56)49-15-5-9-19-57(49)69/h1-39H. The van der Waals surface area contributed by atoms with Gasteiger partial charge in [-0.2, -0.15) is 0 Å². The van der Waals surface area contributed by atoms with Gasteiger partial charge in [0.25, 0.3) is 6.71 Å². The maximum atomic E-state index is 7.33. The molecule has 14 aromatic rings. The molecule has 0 unspecified atom stereocenters. The first-order valence-electron chi connectivity index (χ1n) is 24.6. The lowest BCUT2D eigenvalue weighted by Gasteiger charge is -2.40. The number of fused-ring (bicyclic) bond motifs is 13. The van der Waals surface area contributed by atoms with Crippen LogP contribution < -0.4 is 26.0 Å². The molecule has 0 atom stereocenters. The summed E-state index contributed by atoms with van der Waals surface area (Å²) < 4.78 is 15.0. The Morgan fingerprint density at radius 2 is 0.819 bits per heavy atom. The van der Waals surface area contributed by atoms with Crippen molar-refractivity contribution in [3.8, 4) is 50.6 Å². The smallest absolute Gasteiger partial charge is 0.256 e. The van der Waals surface area contributed by atoms with Crippen LogP contribution in [0.15, 0.2) is 237 Å². The van der Waals surface area contributed by atoms with E-state index in [0.717, 1.165) is 50.7 Å². The number of aromatic nitrogens is 1. The SMILES string of the molecule is c1ccc(-c2ccc(N3c4ccc(-c5ccc6sc7ccccc7c6c5)cc4B4c5cc(-c6ccc7sc8ccccc8c7c6)ccc5Oc5cc(-n6c7ccccc7c7ccccc76)cc3c54)cc2)cc1. The van der Waals surface area contributed by atoms with Crippen molar-refractivity contribution in [2.45, 2.75) is 0 Å². The summed E-state index contributed by atoms with van der Waals surface area (Å²) in [6.07, 6.45) is 0. The minimum atomic E-state index is -0.128. The van der Waals surface area contributed by atoms with E-state index in [1.807, 2.05) is 22.7 Å². The molecule has 0 saturated carbocycles. The molecule has 0 amide bonds. The van der Waals surface area contributed by atoms with Gasteiger partial charge < -0.3 is 14.2 Å². The molecule has 0 fully saturated rings. The lowest BCUT2D eigenvalue weighted by atomic mass is 9.34. The molecule has 0 bridgehead atoms. The molecule has 5 heterocycles. The number of hydrogen-bond acceptors (Lipinski definition) is 4. The summed E-state index contributed by atoms with van der Waals surface area (Å²) in [6, 6.07) is 87.6. The molecule has 2 aliphatic rings. The van der Waals surface area contributed by atoms with Gasteiger partial charge in [-0.15, -0.1) is 22.7 Å². The normalized spacial score (nSPS) is 12.8. The Morgan fingerprint density at radius 3 is 1.47 bits per heavy atom. The van der Waals surface area contributed by atoms with Crippen molar-refractivity contribution in [1.82, 2.24) is 4.57 Å². The Labute approximate surface area is 423 Å². The van der Waals surface area contributed by atoms with Gasteiger partial charge in [-0.25, -0.2) is 0 Å². The Bertz CT molecular complexity index is 4510. The molecule has 0 aliphatic carbocycles. The monoisotopic (exact) mass is 950 g/mol. The molecule has 3 nitrogen and oxygen atoms in total. The molecular weight excluding hydrogens is 912 g/mol. The van der Waals surface area contributed by atoms with Gasteiger partial charge in [0.2, 0.25) is 0 Å². The maximum absolute atomic E-state index is 7.33. The third-order valence-electron chi connectivity index (χ3n) is 15.2. The van der Waals surface area contributed by atoms with Crippen LogP contribution in [0.4, 0.5) is 17.1 Å². The highest BCUT2D eigenvalue weighted by Crippen LogP contribution is 2.46. The number of para-hydroxylation sites is 2. The van der Waals surface area contributed by atoms with Crippen molar-refractivity contribution in [3.63, 3.8) is 0 Å². The molecular formula is C66H39BN2OS2. The van der Waals surface area contributed by atoms with Crippen molar-refractivity contribution in [3.05, 3.63) is 237 Å².